The fourth-order valence-corrected chi connectivity index (χ4v) is 2.49. The second-order valence-corrected chi connectivity index (χ2v) is 6.11. The maximum Gasteiger partial charge on any atom is 0.271 e. The molecule has 3 nitrogen and oxygen atoms in total. The summed E-state index contributed by atoms with van der Waals surface area (Å²) in [6.07, 6.45) is 1.63. The normalized spacial score (nSPS) is 10.7. The molecule has 0 atom stereocenters. The molecule has 0 unspecified atom stereocenters. The van der Waals surface area contributed by atoms with Crippen molar-refractivity contribution in [3.8, 4) is 11.1 Å². The molecule has 0 aliphatic heterocycles. The summed E-state index contributed by atoms with van der Waals surface area (Å²) in [5.41, 5.74) is 6.33. The Bertz CT molecular complexity index is 841. The van der Waals surface area contributed by atoms with Crippen LogP contribution in [0.4, 0.5) is 0 Å². The predicted octanol–water partition coefficient (Wildman–Crippen LogP) is 4.88. The van der Waals surface area contributed by atoms with Gasteiger partial charge >= 0.3 is 0 Å². The summed E-state index contributed by atoms with van der Waals surface area (Å²) >= 11 is 3.34. The predicted molar refractivity (Wildman–Crippen MR) is 101 cm³/mol. The number of nitrogens with zero attached hydrogens (tertiary/aromatic N) is 1. The van der Waals surface area contributed by atoms with Gasteiger partial charge in [0.05, 0.1) is 6.21 Å². The number of hydrogen-bond donors (Lipinski definition) is 1. The molecule has 0 saturated carbocycles. The van der Waals surface area contributed by atoms with Crippen LogP contribution in [0.1, 0.15) is 15.9 Å². The molecule has 1 amide bonds. The molecule has 1 N–H and O–H groups in total. The molecule has 4 heteroatoms. The molecule has 0 radical (unpaired) electrons. The van der Waals surface area contributed by atoms with E-state index >= 15 is 0 Å². The third-order valence-corrected chi connectivity index (χ3v) is 4.03. The molecule has 3 aromatic carbocycles. The first-order chi connectivity index (χ1) is 11.7. The van der Waals surface area contributed by atoms with Gasteiger partial charge in [-0.2, -0.15) is 5.10 Å². The lowest BCUT2D eigenvalue weighted by Crippen LogP contribution is -2.17. The fourth-order valence-electron chi connectivity index (χ4n) is 2.22. The molecule has 0 fully saturated rings. The second kappa shape index (κ2) is 7.70. The van der Waals surface area contributed by atoms with Gasteiger partial charge in [0.25, 0.3) is 5.91 Å². The number of hydrazone groups is 1. The van der Waals surface area contributed by atoms with Crippen LogP contribution >= 0.6 is 15.9 Å². The second-order valence-electron chi connectivity index (χ2n) is 5.19. The molecule has 24 heavy (non-hydrogen) atoms. The van der Waals surface area contributed by atoms with Gasteiger partial charge in [0, 0.05) is 10.0 Å². The Morgan fingerprint density at radius 3 is 2.12 bits per heavy atom. The first-order valence-corrected chi connectivity index (χ1v) is 8.26. The van der Waals surface area contributed by atoms with Crippen molar-refractivity contribution in [3.63, 3.8) is 0 Å². The van der Waals surface area contributed by atoms with E-state index in [0.29, 0.717) is 5.56 Å². The van der Waals surface area contributed by atoms with Crippen LogP contribution in [0.25, 0.3) is 11.1 Å². The lowest BCUT2D eigenvalue weighted by Gasteiger charge is -2.02. The molecule has 0 aromatic heterocycles. The van der Waals surface area contributed by atoms with Gasteiger partial charge in [-0.25, -0.2) is 5.43 Å². The summed E-state index contributed by atoms with van der Waals surface area (Å²) in [5.74, 6) is -0.236. The Morgan fingerprint density at radius 1 is 0.833 bits per heavy atom. The van der Waals surface area contributed by atoms with Crippen LogP contribution in [0.2, 0.25) is 0 Å². The summed E-state index contributed by atoms with van der Waals surface area (Å²) < 4.78 is 0.932. The largest absolute Gasteiger partial charge is 0.271 e. The number of carbonyl (C=O) groups is 1. The van der Waals surface area contributed by atoms with Crippen LogP contribution in [0.15, 0.2) is 88.4 Å². The average molecular weight is 379 g/mol. The zero-order valence-electron chi connectivity index (χ0n) is 12.8. The molecular formula is C20H15BrN2O. The number of amides is 1. The van der Waals surface area contributed by atoms with Gasteiger partial charge < -0.3 is 0 Å². The van der Waals surface area contributed by atoms with E-state index in [1.165, 1.54) is 5.56 Å². The molecule has 118 valence electrons. The standard InChI is InChI=1S/C20H15BrN2O/c21-19-12-10-18(11-13-19)20(24)23-22-14-15-6-8-17(9-7-15)16-4-2-1-3-5-16/h1-14H,(H,23,24)/b22-14-. The number of benzene rings is 3. The maximum atomic E-state index is 11.9. The van der Waals surface area contributed by atoms with Gasteiger partial charge in [0.2, 0.25) is 0 Å². The van der Waals surface area contributed by atoms with Gasteiger partial charge in [0.15, 0.2) is 0 Å². The highest BCUT2D eigenvalue weighted by Gasteiger charge is 2.03. The Balaban J connectivity index is 1.62. The highest BCUT2D eigenvalue weighted by Crippen LogP contribution is 2.18. The topological polar surface area (TPSA) is 41.5 Å². The minimum Gasteiger partial charge on any atom is -0.267 e. The van der Waals surface area contributed by atoms with Crippen molar-refractivity contribution in [2.75, 3.05) is 0 Å². The molecule has 3 rings (SSSR count). The van der Waals surface area contributed by atoms with E-state index in [0.717, 1.165) is 15.6 Å². The van der Waals surface area contributed by atoms with Crippen molar-refractivity contribution in [2.45, 2.75) is 0 Å². The molecule has 0 saturated heterocycles. The number of hydrogen-bond acceptors (Lipinski definition) is 2. The van der Waals surface area contributed by atoms with E-state index in [4.69, 9.17) is 0 Å². The van der Waals surface area contributed by atoms with Crippen LogP contribution in [0.5, 0.6) is 0 Å². The van der Waals surface area contributed by atoms with Crippen molar-refractivity contribution in [1.29, 1.82) is 0 Å². The van der Waals surface area contributed by atoms with E-state index < -0.39 is 0 Å². The minimum atomic E-state index is -0.236. The molecule has 3 aromatic rings. The third-order valence-electron chi connectivity index (χ3n) is 3.50. The molecule has 0 aliphatic carbocycles. The Labute approximate surface area is 149 Å². The highest BCUT2D eigenvalue weighted by molar-refractivity contribution is 9.10. The quantitative estimate of drug-likeness (QED) is 0.510. The van der Waals surface area contributed by atoms with Crippen molar-refractivity contribution in [2.24, 2.45) is 5.10 Å². The van der Waals surface area contributed by atoms with Gasteiger partial charge in [-0.15, -0.1) is 0 Å². The van der Waals surface area contributed by atoms with Crippen molar-refractivity contribution in [1.82, 2.24) is 5.43 Å². The Morgan fingerprint density at radius 2 is 1.46 bits per heavy atom. The first-order valence-electron chi connectivity index (χ1n) is 7.47. The average Bonchev–Trinajstić information content (AvgIpc) is 2.63. The van der Waals surface area contributed by atoms with Gasteiger partial charge in [-0.1, -0.05) is 70.5 Å². The van der Waals surface area contributed by atoms with E-state index in [1.807, 2.05) is 54.6 Å². The molecular weight excluding hydrogens is 364 g/mol. The number of carbonyl (C=O) groups excluding carboxylic acids is 1. The van der Waals surface area contributed by atoms with Crippen LogP contribution in [0, 0.1) is 0 Å². The van der Waals surface area contributed by atoms with Crippen LogP contribution in [0.3, 0.4) is 0 Å². The summed E-state index contributed by atoms with van der Waals surface area (Å²) in [6, 6.07) is 25.3. The summed E-state index contributed by atoms with van der Waals surface area (Å²) in [4.78, 5) is 11.9. The van der Waals surface area contributed by atoms with E-state index in [2.05, 4.69) is 38.6 Å². The van der Waals surface area contributed by atoms with Gasteiger partial charge in [0.1, 0.15) is 0 Å². The zero-order chi connectivity index (χ0) is 16.8. The number of nitrogens with one attached hydrogen (secondary N) is 1. The smallest absolute Gasteiger partial charge is 0.267 e. The van der Waals surface area contributed by atoms with Crippen LogP contribution < -0.4 is 5.43 Å². The maximum absolute atomic E-state index is 11.9. The van der Waals surface area contributed by atoms with Crippen molar-refractivity contribution in [3.05, 3.63) is 94.5 Å². The molecule has 0 aliphatic rings. The lowest BCUT2D eigenvalue weighted by molar-refractivity contribution is 0.0955. The van der Waals surface area contributed by atoms with Gasteiger partial charge in [-0.3, -0.25) is 4.79 Å². The van der Waals surface area contributed by atoms with Crippen LogP contribution in [-0.2, 0) is 0 Å². The summed E-state index contributed by atoms with van der Waals surface area (Å²) in [7, 11) is 0. The summed E-state index contributed by atoms with van der Waals surface area (Å²) in [5, 5.41) is 4.01. The molecule has 0 heterocycles. The first kappa shape index (κ1) is 16.1. The SMILES string of the molecule is O=C(N/N=C\c1ccc(-c2ccccc2)cc1)c1ccc(Br)cc1. The molecule has 0 bridgehead atoms. The monoisotopic (exact) mass is 378 g/mol. The Kier molecular flexibility index (Phi) is 5.18. The Hall–Kier alpha value is -2.72. The van der Waals surface area contributed by atoms with E-state index in [-0.39, 0.29) is 5.91 Å². The summed E-state index contributed by atoms with van der Waals surface area (Å²) in [6.45, 7) is 0. The fraction of sp³-hybridized carbons (Fsp3) is 0. The van der Waals surface area contributed by atoms with Crippen molar-refractivity contribution < 1.29 is 4.79 Å². The lowest BCUT2D eigenvalue weighted by atomic mass is 10.0. The third kappa shape index (κ3) is 4.18. The van der Waals surface area contributed by atoms with E-state index in [1.54, 1.807) is 18.3 Å². The highest BCUT2D eigenvalue weighted by atomic mass is 79.9. The minimum absolute atomic E-state index is 0.236. The van der Waals surface area contributed by atoms with Crippen molar-refractivity contribution >= 4 is 28.1 Å². The number of halogens is 1. The zero-order valence-corrected chi connectivity index (χ0v) is 14.4. The van der Waals surface area contributed by atoms with E-state index in [9.17, 15) is 4.79 Å². The molecule has 0 spiro atoms. The number of rotatable bonds is 4. The van der Waals surface area contributed by atoms with Gasteiger partial charge in [-0.05, 0) is 41.0 Å². The van der Waals surface area contributed by atoms with Crippen LogP contribution in [-0.4, -0.2) is 12.1 Å².